The highest BCUT2D eigenvalue weighted by Crippen LogP contribution is 2.44. The van der Waals surface area contributed by atoms with Crippen LogP contribution in [0, 0.1) is 11.2 Å². The van der Waals surface area contributed by atoms with Gasteiger partial charge >= 0.3 is 0 Å². The molecule has 0 atom stereocenters. The van der Waals surface area contributed by atoms with Gasteiger partial charge in [0.1, 0.15) is 5.82 Å². The van der Waals surface area contributed by atoms with Crippen molar-refractivity contribution in [3.8, 4) is 0 Å². The summed E-state index contributed by atoms with van der Waals surface area (Å²) in [5.74, 6) is -0.583. The van der Waals surface area contributed by atoms with Crippen molar-refractivity contribution < 1.29 is 9.18 Å². The molecule has 3 nitrogen and oxygen atoms in total. The van der Waals surface area contributed by atoms with Crippen LogP contribution in [0.4, 0.5) is 4.39 Å². The second-order valence-electron chi connectivity index (χ2n) is 4.72. The average Bonchev–Trinajstić information content (AvgIpc) is 3.07. The van der Waals surface area contributed by atoms with Crippen molar-refractivity contribution in [2.24, 2.45) is 5.41 Å². The van der Waals surface area contributed by atoms with E-state index in [1.807, 2.05) is 7.05 Å². The SMILES string of the molecule is CNCC1(CNC(=O)c2cccc(F)c2)CC1. The van der Waals surface area contributed by atoms with Gasteiger partial charge in [-0.1, -0.05) is 6.07 Å². The van der Waals surface area contributed by atoms with Crippen LogP contribution in [0.15, 0.2) is 24.3 Å². The summed E-state index contributed by atoms with van der Waals surface area (Å²) in [6.07, 6.45) is 2.27. The number of hydrogen-bond acceptors (Lipinski definition) is 2. The third kappa shape index (κ3) is 3.03. The molecule has 1 aliphatic rings. The van der Waals surface area contributed by atoms with E-state index in [0.717, 1.165) is 19.4 Å². The molecular weight excluding hydrogens is 219 g/mol. The molecule has 0 aromatic heterocycles. The summed E-state index contributed by atoms with van der Waals surface area (Å²) in [4.78, 5) is 11.8. The largest absolute Gasteiger partial charge is 0.351 e. The Bertz CT molecular complexity index is 416. The van der Waals surface area contributed by atoms with Gasteiger partial charge in [-0.3, -0.25) is 4.79 Å². The first-order chi connectivity index (χ1) is 8.15. The summed E-state index contributed by atoms with van der Waals surface area (Å²) in [5, 5.41) is 6.00. The van der Waals surface area contributed by atoms with Gasteiger partial charge in [0.15, 0.2) is 0 Å². The fraction of sp³-hybridized carbons (Fsp3) is 0.462. The molecule has 0 aliphatic heterocycles. The van der Waals surface area contributed by atoms with Crippen LogP contribution in [-0.2, 0) is 0 Å². The van der Waals surface area contributed by atoms with E-state index in [1.165, 1.54) is 12.1 Å². The van der Waals surface area contributed by atoms with E-state index in [2.05, 4.69) is 10.6 Å². The fourth-order valence-electron chi connectivity index (χ4n) is 1.97. The maximum absolute atomic E-state index is 12.9. The summed E-state index contributed by atoms with van der Waals surface area (Å²) in [7, 11) is 1.91. The quantitative estimate of drug-likeness (QED) is 0.814. The Morgan fingerprint density at radius 1 is 1.41 bits per heavy atom. The van der Waals surface area contributed by atoms with Crippen LogP contribution in [0.1, 0.15) is 23.2 Å². The minimum Gasteiger partial charge on any atom is -0.351 e. The topological polar surface area (TPSA) is 41.1 Å². The predicted molar refractivity (Wildman–Crippen MR) is 64.3 cm³/mol. The molecule has 1 saturated carbocycles. The van der Waals surface area contributed by atoms with Crippen LogP contribution in [0.2, 0.25) is 0 Å². The van der Waals surface area contributed by atoms with E-state index in [9.17, 15) is 9.18 Å². The first-order valence-electron chi connectivity index (χ1n) is 5.84. The van der Waals surface area contributed by atoms with E-state index in [4.69, 9.17) is 0 Å². The molecule has 1 aliphatic carbocycles. The molecular formula is C13H17FN2O. The highest BCUT2D eigenvalue weighted by molar-refractivity contribution is 5.94. The smallest absolute Gasteiger partial charge is 0.251 e. The molecule has 0 unspecified atom stereocenters. The maximum Gasteiger partial charge on any atom is 0.251 e. The lowest BCUT2D eigenvalue weighted by atomic mass is 10.1. The van der Waals surface area contributed by atoms with Gasteiger partial charge in [-0.05, 0) is 38.1 Å². The molecule has 2 N–H and O–H groups in total. The summed E-state index contributed by atoms with van der Waals surface area (Å²) < 4.78 is 12.9. The highest BCUT2D eigenvalue weighted by atomic mass is 19.1. The van der Waals surface area contributed by atoms with Crippen LogP contribution in [-0.4, -0.2) is 26.0 Å². The summed E-state index contributed by atoms with van der Waals surface area (Å²) in [6, 6.07) is 5.76. The van der Waals surface area contributed by atoms with Crippen molar-refractivity contribution in [3.63, 3.8) is 0 Å². The van der Waals surface area contributed by atoms with Gasteiger partial charge in [0.05, 0.1) is 0 Å². The molecule has 0 spiro atoms. The molecule has 0 saturated heterocycles. The number of hydrogen-bond donors (Lipinski definition) is 2. The number of benzene rings is 1. The Labute approximate surface area is 100 Å². The minimum atomic E-state index is -0.381. The second kappa shape index (κ2) is 4.84. The number of carbonyl (C=O) groups is 1. The molecule has 92 valence electrons. The lowest BCUT2D eigenvalue weighted by Gasteiger charge is -2.15. The van der Waals surface area contributed by atoms with Crippen molar-refractivity contribution in [2.45, 2.75) is 12.8 Å². The summed E-state index contributed by atoms with van der Waals surface area (Å²) >= 11 is 0. The van der Waals surface area contributed by atoms with Gasteiger partial charge in [0, 0.05) is 24.1 Å². The lowest BCUT2D eigenvalue weighted by Crippen LogP contribution is -2.34. The van der Waals surface area contributed by atoms with Gasteiger partial charge in [0.2, 0.25) is 0 Å². The van der Waals surface area contributed by atoms with Crippen LogP contribution < -0.4 is 10.6 Å². The third-order valence-electron chi connectivity index (χ3n) is 3.22. The van der Waals surface area contributed by atoms with E-state index < -0.39 is 0 Å². The second-order valence-corrected chi connectivity index (χ2v) is 4.72. The fourth-order valence-corrected chi connectivity index (χ4v) is 1.97. The lowest BCUT2D eigenvalue weighted by molar-refractivity contribution is 0.0944. The van der Waals surface area contributed by atoms with E-state index >= 15 is 0 Å². The minimum absolute atomic E-state index is 0.202. The van der Waals surface area contributed by atoms with Crippen LogP contribution in [0.25, 0.3) is 0 Å². The number of nitrogens with one attached hydrogen (secondary N) is 2. The summed E-state index contributed by atoms with van der Waals surface area (Å²) in [6.45, 7) is 1.57. The third-order valence-corrected chi connectivity index (χ3v) is 3.22. The summed E-state index contributed by atoms with van der Waals surface area (Å²) in [5.41, 5.74) is 0.600. The molecule has 17 heavy (non-hydrogen) atoms. The Morgan fingerprint density at radius 3 is 2.76 bits per heavy atom. The molecule has 2 rings (SSSR count). The van der Waals surface area contributed by atoms with Crippen molar-refractivity contribution in [1.29, 1.82) is 0 Å². The zero-order valence-electron chi connectivity index (χ0n) is 9.92. The van der Waals surface area contributed by atoms with E-state index in [1.54, 1.807) is 12.1 Å². The first-order valence-corrected chi connectivity index (χ1v) is 5.84. The number of amides is 1. The number of halogens is 1. The molecule has 0 bridgehead atoms. The van der Waals surface area contributed by atoms with E-state index in [-0.39, 0.29) is 17.1 Å². The van der Waals surface area contributed by atoms with Crippen molar-refractivity contribution in [2.75, 3.05) is 20.1 Å². The first kappa shape index (κ1) is 12.0. The Morgan fingerprint density at radius 2 is 2.18 bits per heavy atom. The molecule has 1 fully saturated rings. The Hall–Kier alpha value is -1.42. The van der Waals surface area contributed by atoms with E-state index in [0.29, 0.717) is 12.1 Å². The maximum atomic E-state index is 12.9. The van der Waals surface area contributed by atoms with Gasteiger partial charge in [0.25, 0.3) is 5.91 Å². The molecule has 4 heteroatoms. The van der Waals surface area contributed by atoms with Gasteiger partial charge < -0.3 is 10.6 Å². The van der Waals surface area contributed by atoms with Gasteiger partial charge in [-0.15, -0.1) is 0 Å². The van der Waals surface area contributed by atoms with Crippen molar-refractivity contribution in [1.82, 2.24) is 10.6 Å². The zero-order valence-corrected chi connectivity index (χ0v) is 9.92. The Balaban J connectivity index is 1.90. The van der Waals surface area contributed by atoms with Crippen LogP contribution in [0.5, 0.6) is 0 Å². The van der Waals surface area contributed by atoms with Crippen molar-refractivity contribution in [3.05, 3.63) is 35.6 Å². The predicted octanol–water partition coefficient (Wildman–Crippen LogP) is 1.56. The van der Waals surface area contributed by atoms with Crippen LogP contribution >= 0.6 is 0 Å². The standard InChI is InChI=1S/C13H17FN2O/c1-15-8-13(5-6-13)9-16-12(17)10-3-2-4-11(14)7-10/h2-4,7,15H,5-6,8-9H2,1H3,(H,16,17). The van der Waals surface area contributed by atoms with Gasteiger partial charge in [-0.2, -0.15) is 0 Å². The molecule has 1 aromatic carbocycles. The molecule has 0 radical (unpaired) electrons. The number of carbonyl (C=O) groups excluding carboxylic acids is 1. The molecule has 1 amide bonds. The monoisotopic (exact) mass is 236 g/mol. The molecule has 0 heterocycles. The van der Waals surface area contributed by atoms with Crippen LogP contribution in [0.3, 0.4) is 0 Å². The van der Waals surface area contributed by atoms with Gasteiger partial charge in [-0.25, -0.2) is 4.39 Å². The normalized spacial score (nSPS) is 16.6. The van der Waals surface area contributed by atoms with Crippen molar-refractivity contribution >= 4 is 5.91 Å². The number of rotatable bonds is 5. The average molecular weight is 236 g/mol. The molecule has 1 aromatic rings. The highest BCUT2D eigenvalue weighted by Gasteiger charge is 2.41. The zero-order chi connectivity index (χ0) is 12.3. The Kier molecular flexibility index (Phi) is 3.43.